The average molecular weight is 195 g/mol. The highest BCUT2D eigenvalue weighted by molar-refractivity contribution is 7.13. The largest absolute Gasteiger partial charge is 0.324 e. The highest BCUT2D eigenvalue weighted by atomic mass is 32.1. The average Bonchev–Trinajstić information content (AvgIpc) is 2.75. The third-order valence-electron chi connectivity index (χ3n) is 1.58. The minimum atomic E-state index is -0.398. The molecule has 0 aliphatic heterocycles. The van der Waals surface area contributed by atoms with E-state index >= 15 is 0 Å². The van der Waals surface area contributed by atoms with Gasteiger partial charge in [-0.2, -0.15) is 5.10 Å². The number of thiophene rings is 1. The van der Waals surface area contributed by atoms with E-state index in [2.05, 4.69) is 10.2 Å². The van der Waals surface area contributed by atoms with Gasteiger partial charge in [-0.1, -0.05) is 11.3 Å². The van der Waals surface area contributed by atoms with Crippen LogP contribution in [0.3, 0.4) is 0 Å². The first-order chi connectivity index (χ1) is 6.27. The van der Waals surface area contributed by atoms with Crippen molar-refractivity contribution in [3.05, 3.63) is 33.8 Å². The van der Waals surface area contributed by atoms with E-state index in [1.807, 2.05) is 0 Å². The molecule has 0 aliphatic carbocycles. The molecular formula is C7H5N3O2S. The standard InChI is InChI=1S/C7H5N3O2S/c11-10(12)7-3-5(4-13-7)6-1-2-8-9-6/h1-4H,(H,8,9). The van der Waals surface area contributed by atoms with E-state index in [0.29, 0.717) is 0 Å². The van der Waals surface area contributed by atoms with Crippen molar-refractivity contribution in [2.45, 2.75) is 0 Å². The second kappa shape index (κ2) is 2.98. The van der Waals surface area contributed by atoms with E-state index in [1.54, 1.807) is 17.6 Å². The molecule has 6 heteroatoms. The summed E-state index contributed by atoms with van der Waals surface area (Å²) in [5, 5.41) is 18.7. The van der Waals surface area contributed by atoms with Crippen LogP contribution in [0.25, 0.3) is 11.3 Å². The minimum Gasteiger partial charge on any atom is -0.278 e. The van der Waals surface area contributed by atoms with E-state index in [0.717, 1.165) is 22.6 Å². The van der Waals surface area contributed by atoms with Crippen LogP contribution in [0, 0.1) is 10.1 Å². The number of rotatable bonds is 2. The molecule has 1 N–H and O–H groups in total. The zero-order valence-electron chi connectivity index (χ0n) is 6.43. The van der Waals surface area contributed by atoms with Crippen LogP contribution in [0.4, 0.5) is 5.00 Å². The normalized spacial score (nSPS) is 10.2. The van der Waals surface area contributed by atoms with Crippen molar-refractivity contribution < 1.29 is 4.92 Å². The fraction of sp³-hybridized carbons (Fsp3) is 0. The molecule has 2 aromatic heterocycles. The Bertz CT molecular complexity index is 421. The third-order valence-corrected chi connectivity index (χ3v) is 2.46. The van der Waals surface area contributed by atoms with Crippen LogP contribution in [0.1, 0.15) is 0 Å². The highest BCUT2D eigenvalue weighted by Crippen LogP contribution is 2.28. The zero-order valence-corrected chi connectivity index (χ0v) is 7.25. The Labute approximate surface area is 77.2 Å². The summed E-state index contributed by atoms with van der Waals surface area (Å²) in [7, 11) is 0. The Morgan fingerprint density at radius 3 is 3.00 bits per heavy atom. The minimum absolute atomic E-state index is 0.143. The van der Waals surface area contributed by atoms with E-state index in [-0.39, 0.29) is 5.00 Å². The van der Waals surface area contributed by atoms with E-state index < -0.39 is 4.92 Å². The molecule has 0 radical (unpaired) electrons. The van der Waals surface area contributed by atoms with Crippen molar-refractivity contribution in [2.24, 2.45) is 0 Å². The van der Waals surface area contributed by atoms with Crippen molar-refractivity contribution in [3.63, 3.8) is 0 Å². The third kappa shape index (κ3) is 1.43. The number of H-pyrrole nitrogens is 1. The SMILES string of the molecule is O=[N+]([O-])c1cc(-c2ccn[nH]2)cs1. The van der Waals surface area contributed by atoms with Gasteiger partial charge in [-0.05, 0) is 6.07 Å². The van der Waals surface area contributed by atoms with Crippen LogP contribution in [-0.4, -0.2) is 15.1 Å². The zero-order chi connectivity index (χ0) is 9.26. The maximum absolute atomic E-state index is 10.4. The first kappa shape index (κ1) is 7.93. The number of nitro groups is 1. The number of aromatic nitrogens is 2. The van der Waals surface area contributed by atoms with E-state index in [9.17, 15) is 10.1 Å². The monoisotopic (exact) mass is 195 g/mol. The molecule has 0 fully saturated rings. The maximum Gasteiger partial charge on any atom is 0.324 e. The lowest BCUT2D eigenvalue weighted by Gasteiger charge is -1.86. The van der Waals surface area contributed by atoms with Crippen LogP contribution in [-0.2, 0) is 0 Å². The highest BCUT2D eigenvalue weighted by Gasteiger charge is 2.10. The molecule has 0 spiro atoms. The van der Waals surface area contributed by atoms with E-state index in [1.165, 1.54) is 6.07 Å². The Kier molecular flexibility index (Phi) is 1.82. The molecule has 13 heavy (non-hydrogen) atoms. The van der Waals surface area contributed by atoms with Crippen molar-refractivity contribution in [1.29, 1.82) is 0 Å². The van der Waals surface area contributed by atoms with E-state index in [4.69, 9.17) is 0 Å². The molecule has 0 bridgehead atoms. The second-order valence-corrected chi connectivity index (χ2v) is 3.29. The van der Waals surface area contributed by atoms with Gasteiger partial charge < -0.3 is 0 Å². The van der Waals surface area contributed by atoms with Crippen LogP contribution >= 0.6 is 11.3 Å². The summed E-state index contributed by atoms with van der Waals surface area (Å²) in [4.78, 5) is 9.98. The molecule has 0 aromatic carbocycles. The molecule has 2 rings (SSSR count). The fourth-order valence-electron chi connectivity index (χ4n) is 0.979. The van der Waals surface area contributed by atoms with Gasteiger partial charge in [0.25, 0.3) is 0 Å². The molecule has 0 saturated carbocycles. The van der Waals surface area contributed by atoms with Gasteiger partial charge in [0.2, 0.25) is 0 Å². The van der Waals surface area contributed by atoms with Crippen LogP contribution < -0.4 is 0 Å². The molecule has 2 heterocycles. The van der Waals surface area contributed by atoms with Gasteiger partial charge >= 0.3 is 5.00 Å². The summed E-state index contributed by atoms with van der Waals surface area (Å²) in [6.07, 6.45) is 1.61. The van der Waals surface area contributed by atoms with Crippen LogP contribution in [0.15, 0.2) is 23.7 Å². The number of aromatic amines is 1. The summed E-state index contributed by atoms with van der Waals surface area (Å²) in [6.45, 7) is 0. The predicted octanol–water partition coefficient (Wildman–Crippen LogP) is 2.05. The fourth-order valence-corrected chi connectivity index (χ4v) is 1.70. The summed E-state index contributed by atoms with van der Waals surface area (Å²) < 4.78 is 0. The second-order valence-electron chi connectivity index (χ2n) is 2.40. The Hall–Kier alpha value is -1.69. The number of hydrogen-bond acceptors (Lipinski definition) is 4. The van der Waals surface area contributed by atoms with Gasteiger partial charge in [0.05, 0.1) is 10.6 Å². The first-order valence-electron chi connectivity index (χ1n) is 3.50. The van der Waals surface area contributed by atoms with Gasteiger partial charge in [0.1, 0.15) is 0 Å². The van der Waals surface area contributed by atoms with Gasteiger partial charge in [-0.15, -0.1) is 0 Å². The van der Waals surface area contributed by atoms with Crippen LogP contribution in [0.2, 0.25) is 0 Å². The number of nitrogens with one attached hydrogen (secondary N) is 1. The van der Waals surface area contributed by atoms with Crippen molar-refractivity contribution in [1.82, 2.24) is 10.2 Å². The molecule has 2 aromatic rings. The lowest BCUT2D eigenvalue weighted by Crippen LogP contribution is -1.81. The van der Waals surface area contributed by atoms with Gasteiger partial charge in [0, 0.05) is 23.2 Å². The quantitative estimate of drug-likeness (QED) is 0.588. The van der Waals surface area contributed by atoms with Gasteiger partial charge in [0.15, 0.2) is 0 Å². The molecule has 0 unspecified atom stereocenters. The van der Waals surface area contributed by atoms with Gasteiger partial charge in [-0.25, -0.2) is 0 Å². The van der Waals surface area contributed by atoms with Gasteiger partial charge in [-0.3, -0.25) is 15.2 Å². The maximum atomic E-state index is 10.4. The molecule has 66 valence electrons. The Balaban J connectivity index is 2.39. The predicted molar refractivity (Wildman–Crippen MR) is 48.6 cm³/mol. The smallest absolute Gasteiger partial charge is 0.278 e. The molecule has 0 saturated heterocycles. The van der Waals surface area contributed by atoms with Crippen molar-refractivity contribution in [2.75, 3.05) is 0 Å². The lowest BCUT2D eigenvalue weighted by molar-refractivity contribution is -0.380. The summed E-state index contributed by atoms with van der Waals surface area (Å²) in [6, 6.07) is 3.30. The summed E-state index contributed by atoms with van der Waals surface area (Å²) >= 11 is 1.11. The summed E-state index contributed by atoms with van der Waals surface area (Å²) in [5.41, 5.74) is 1.60. The van der Waals surface area contributed by atoms with Crippen molar-refractivity contribution in [3.8, 4) is 11.3 Å². The molecule has 0 aliphatic rings. The lowest BCUT2D eigenvalue weighted by atomic mass is 10.2. The molecule has 5 nitrogen and oxygen atoms in total. The van der Waals surface area contributed by atoms with Crippen LogP contribution in [0.5, 0.6) is 0 Å². The first-order valence-corrected chi connectivity index (χ1v) is 4.38. The Morgan fingerprint density at radius 2 is 2.46 bits per heavy atom. The number of hydrogen-bond donors (Lipinski definition) is 1. The number of nitrogens with zero attached hydrogens (tertiary/aromatic N) is 2. The van der Waals surface area contributed by atoms with Crippen molar-refractivity contribution >= 4 is 16.3 Å². The summed E-state index contributed by atoms with van der Waals surface area (Å²) in [5.74, 6) is 0. The Morgan fingerprint density at radius 1 is 1.62 bits per heavy atom. The topological polar surface area (TPSA) is 71.8 Å². The molecule has 0 amide bonds. The molecular weight excluding hydrogens is 190 g/mol. The molecule has 0 atom stereocenters.